The summed E-state index contributed by atoms with van der Waals surface area (Å²) in [7, 11) is -2.16. The van der Waals surface area contributed by atoms with E-state index in [0.29, 0.717) is 10.2 Å². The average Bonchev–Trinajstić information content (AvgIpc) is 2.85. The minimum absolute atomic E-state index is 0.134. The maximum atomic E-state index is 12.3. The summed E-state index contributed by atoms with van der Waals surface area (Å²) in [5.74, 6) is 0.851. The van der Waals surface area contributed by atoms with Crippen molar-refractivity contribution in [2.45, 2.75) is 24.7 Å². The van der Waals surface area contributed by atoms with Crippen LogP contribution in [0.3, 0.4) is 0 Å². The Hall–Kier alpha value is -1.54. The van der Waals surface area contributed by atoms with Gasteiger partial charge in [0.2, 0.25) is 0 Å². The Morgan fingerprint density at radius 3 is 2.76 bits per heavy atom. The van der Waals surface area contributed by atoms with Gasteiger partial charge >= 0.3 is 0 Å². The third-order valence-electron chi connectivity index (χ3n) is 2.82. The second-order valence-electron chi connectivity index (χ2n) is 4.43. The average molecular weight is 374 g/mol. The van der Waals surface area contributed by atoms with Gasteiger partial charge in [0.15, 0.2) is 5.82 Å². The van der Waals surface area contributed by atoms with Gasteiger partial charge in [0.05, 0.1) is 16.5 Å². The summed E-state index contributed by atoms with van der Waals surface area (Å²) in [6, 6.07) is 6.25. The molecule has 0 aliphatic rings. The van der Waals surface area contributed by atoms with Crippen molar-refractivity contribution in [2.24, 2.45) is 0 Å². The lowest BCUT2D eigenvalue weighted by Gasteiger charge is -2.08. The first-order valence-corrected chi connectivity index (χ1v) is 8.64. The van der Waals surface area contributed by atoms with E-state index in [9.17, 15) is 8.42 Å². The van der Waals surface area contributed by atoms with E-state index in [0.717, 1.165) is 18.5 Å². The molecular formula is C13H16BrN3O3S. The minimum Gasteiger partial charge on any atom is -0.496 e. The molecule has 0 atom stereocenters. The molecule has 8 heteroatoms. The molecule has 1 aromatic heterocycles. The Balaban J connectivity index is 2.23. The van der Waals surface area contributed by atoms with Crippen LogP contribution in [0, 0.1) is 0 Å². The molecule has 0 amide bonds. The lowest BCUT2D eigenvalue weighted by molar-refractivity contribution is 0.411. The van der Waals surface area contributed by atoms with Crippen molar-refractivity contribution < 1.29 is 13.2 Å². The Kier molecular flexibility index (Phi) is 4.89. The lowest BCUT2D eigenvalue weighted by Crippen LogP contribution is -2.13. The van der Waals surface area contributed by atoms with Crippen LogP contribution < -0.4 is 9.46 Å². The van der Waals surface area contributed by atoms with Gasteiger partial charge in [0.1, 0.15) is 5.75 Å². The molecule has 0 spiro atoms. The molecule has 2 N–H and O–H groups in total. The van der Waals surface area contributed by atoms with Crippen LogP contribution in [0.4, 0.5) is 5.82 Å². The zero-order valence-corrected chi connectivity index (χ0v) is 14.1. The molecule has 0 radical (unpaired) electrons. The quantitative estimate of drug-likeness (QED) is 0.814. The number of hydrogen-bond acceptors (Lipinski definition) is 4. The summed E-state index contributed by atoms with van der Waals surface area (Å²) < 4.78 is 32.7. The van der Waals surface area contributed by atoms with Crippen LogP contribution >= 0.6 is 15.9 Å². The molecule has 0 saturated heterocycles. The fraction of sp³-hybridized carbons (Fsp3) is 0.308. The van der Waals surface area contributed by atoms with Crippen molar-refractivity contribution in [2.75, 3.05) is 11.8 Å². The second-order valence-corrected chi connectivity index (χ2v) is 6.97. The molecule has 0 fully saturated rings. The summed E-state index contributed by atoms with van der Waals surface area (Å²) in [5.41, 5.74) is 0.895. The standard InChI is InChI=1S/C13H16BrN3O3S/c1-3-4-9-7-13(16-15-9)17-21(18,19)10-5-6-12(20-2)11(14)8-10/h5-8H,3-4H2,1-2H3,(H2,15,16,17). The van der Waals surface area contributed by atoms with Gasteiger partial charge < -0.3 is 4.74 Å². The number of nitrogens with zero attached hydrogens (tertiary/aromatic N) is 1. The van der Waals surface area contributed by atoms with E-state index in [1.807, 2.05) is 6.92 Å². The smallest absolute Gasteiger partial charge is 0.263 e. The maximum Gasteiger partial charge on any atom is 0.263 e. The van der Waals surface area contributed by atoms with Crippen LogP contribution in [0.2, 0.25) is 0 Å². The number of sulfonamides is 1. The third kappa shape index (κ3) is 3.76. The molecule has 2 rings (SSSR count). The van der Waals surface area contributed by atoms with Crippen molar-refractivity contribution in [3.8, 4) is 5.75 Å². The van der Waals surface area contributed by atoms with E-state index in [2.05, 4.69) is 30.8 Å². The molecule has 114 valence electrons. The maximum absolute atomic E-state index is 12.3. The van der Waals surface area contributed by atoms with Gasteiger partial charge in [0, 0.05) is 11.8 Å². The Bertz CT molecular complexity index is 728. The van der Waals surface area contributed by atoms with E-state index >= 15 is 0 Å². The van der Waals surface area contributed by atoms with Crippen molar-refractivity contribution in [1.82, 2.24) is 10.2 Å². The van der Waals surface area contributed by atoms with Crippen LogP contribution in [0.25, 0.3) is 0 Å². The molecular weight excluding hydrogens is 358 g/mol. The zero-order chi connectivity index (χ0) is 15.5. The second kappa shape index (κ2) is 6.48. The van der Waals surface area contributed by atoms with Crippen LogP contribution in [-0.2, 0) is 16.4 Å². The van der Waals surface area contributed by atoms with Crippen LogP contribution in [0.15, 0.2) is 33.6 Å². The molecule has 21 heavy (non-hydrogen) atoms. The normalized spacial score (nSPS) is 11.4. The highest BCUT2D eigenvalue weighted by Gasteiger charge is 2.17. The Morgan fingerprint density at radius 2 is 2.14 bits per heavy atom. The van der Waals surface area contributed by atoms with Crippen LogP contribution in [0.5, 0.6) is 5.75 Å². The number of H-pyrrole nitrogens is 1. The van der Waals surface area contributed by atoms with Gasteiger partial charge in [-0.1, -0.05) is 13.3 Å². The van der Waals surface area contributed by atoms with Crippen LogP contribution in [-0.4, -0.2) is 25.7 Å². The number of benzene rings is 1. The first-order chi connectivity index (χ1) is 9.96. The number of nitrogens with one attached hydrogen (secondary N) is 2. The highest BCUT2D eigenvalue weighted by Crippen LogP contribution is 2.28. The van der Waals surface area contributed by atoms with Gasteiger partial charge in [0.25, 0.3) is 10.0 Å². The molecule has 2 aromatic rings. The van der Waals surface area contributed by atoms with Gasteiger partial charge in [-0.25, -0.2) is 8.42 Å². The SMILES string of the molecule is CCCc1cc(NS(=O)(=O)c2ccc(OC)c(Br)c2)n[nH]1. The highest BCUT2D eigenvalue weighted by atomic mass is 79.9. The van der Waals surface area contributed by atoms with Gasteiger partial charge in [-0.05, 0) is 40.5 Å². The van der Waals surface area contributed by atoms with E-state index in [1.165, 1.54) is 19.2 Å². The van der Waals surface area contributed by atoms with Crippen LogP contribution in [0.1, 0.15) is 19.0 Å². The minimum atomic E-state index is -3.68. The molecule has 1 aromatic carbocycles. The van der Waals surface area contributed by atoms with E-state index in [-0.39, 0.29) is 10.7 Å². The topological polar surface area (TPSA) is 84.1 Å². The summed E-state index contributed by atoms with van der Waals surface area (Å²) in [4.78, 5) is 0.134. The Labute approximate surface area is 132 Å². The van der Waals surface area contributed by atoms with E-state index in [1.54, 1.807) is 12.1 Å². The largest absolute Gasteiger partial charge is 0.496 e. The van der Waals surface area contributed by atoms with Gasteiger partial charge in [-0.2, -0.15) is 5.10 Å². The molecule has 0 aliphatic heterocycles. The number of aryl methyl sites for hydroxylation is 1. The predicted molar refractivity (Wildman–Crippen MR) is 84.1 cm³/mol. The fourth-order valence-corrected chi connectivity index (χ4v) is 3.53. The molecule has 6 nitrogen and oxygen atoms in total. The monoisotopic (exact) mass is 373 g/mol. The van der Waals surface area contributed by atoms with E-state index in [4.69, 9.17) is 4.74 Å². The number of aromatic amines is 1. The van der Waals surface area contributed by atoms with E-state index < -0.39 is 10.0 Å². The first kappa shape index (κ1) is 15.8. The number of hydrogen-bond donors (Lipinski definition) is 2. The van der Waals surface area contributed by atoms with Crippen molar-refractivity contribution in [1.29, 1.82) is 0 Å². The fourth-order valence-electron chi connectivity index (χ4n) is 1.82. The summed E-state index contributed by atoms with van der Waals surface area (Å²) >= 11 is 3.27. The molecule has 0 bridgehead atoms. The number of ether oxygens (including phenoxy) is 1. The van der Waals surface area contributed by atoms with Crippen molar-refractivity contribution in [3.63, 3.8) is 0 Å². The number of rotatable bonds is 6. The molecule has 0 saturated carbocycles. The summed E-state index contributed by atoms with van der Waals surface area (Å²) in [5, 5.41) is 6.75. The zero-order valence-electron chi connectivity index (χ0n) is 11.7. The summed E-state index contributed by atoms with van der Waals surface area (Å²) in [6.07, 6.45) is 1.78. The van der Waals surface area contributed by atoms with Gasteiger partial charge in [-0.15, -0.1) is 0 Å². The number of halogens is 1. The third-order valence-corrected chi connectivity index (χ3v) is 4.79. The summed E-state index contributed by atoms with van der Waals surface area (Å²) in [6.45, 7) is 2.04. The molecule has 0 unspecified atom stereocenters. The first-order valence-electron chi connectivity index (χ1n) is 6.37. The number of aromatic nitrogens is 2. The highest BCUT2D eigenvalue weighted by molar-refractivity contribution is 9.10. The van der Waals surface area contributed by atoms with Crippen molar-refractivity contribution in [3.05, 3.63) is 34.4 Å². The molecule has 0 aliphatic carbocycles. The molecule has 1 heterocycles. The predicted octanol–water partition coefficient (Wildman–Crippen LogP) is 2.93. The van der Waals surface area contributed by atoms with Gasteiger partial charge in [-0.3, -0.25) is 9.82 Å². The lowest BCUT2D eigenvalue weighted by atomic mass is 10.2. The number of anilines is 1. The number of methoxy groups -OCH3 is 1. The van der Waals surface area contributed by atoms with Crippen molar-refractivity contribution >= 4 is 31.8 Å². The Morgan fingerprint density at radius 1 is 1.38 bits per heavy atom.